The first-order chi connectivity index (χ1) is 22.0. The topological polar surface area (TPSA) is 151 Å². The van der Waals surface area contributed by atoms with Crippen molar-refractivity contribution in [2.75, 3.05) is 39.6 Å². The lowest BCUT2D eigenvalue weighted by Gasteiger charge is -2.28. The van der Waals surface area contributed by atoms with Gasteiger partial charge in [-0.05, 0) is 45.6 Å². The molecule has 0 radical (unpaired) electrons. The molecule has 2 heterocycles. The number of carbonyl (C=O) groups is 1. The van der Waals surface area contributed by atoms with Crippen LogP contribution < -0.4 is 16.8 Å². The van der Waals surface area contributed by atoms with Crippen molar-refractivity contribution in [3.8, 4) is 0 Å². The molecule has 1 aliphatic rings. The van der Waals surface area contributed by atoms with E-state index in [1.165, 1.54) is 20.2 Å². The third-order valence-electron chi connectivity index (χ3n) is 7.95. The van der Waals surface area contributed by atoms with E-state index in [0.29, 0.717) is 43.7 Å². The maximum atomic E-state index is 13.4. The van der Waals surface area contributed by atoms with Gasteiger partial charge in [0.1, 0.15) is 11.8 Å². The zero-order valence-corrected chi connectivity index (χ0v) is 29.6. The zero-order valence-electron chi connectivity index (χ0n) is 28.8. The smallest absolute Gasteiger partial charge is 0.425 e. The fourth-order valence-electron chi connectivity index (χ4n) is 5.11. The summed E-state index contributed by atoms with van der Waals surface area (Å²) in [6, 6.07) is 10.0. The van der Waals surface area contributed by atoms with E-state index in [-0.39, 0.29) is 29.7 Å². The van der Waals surface area contributed by atoms with Crippen LogP contribution in [0.5, 0.6) is 0 Å². The fourth-order valence-corrected chi connectivity index (χ4v) is 6.33. The molecule has 1 saturated heterocycles. The van der Waals surface area contributed by atoms with Crippen LogP contribution in [0.4, 0.5) is 4.79 Å². The summed E-state index contributed by atoms with van der Waals surface area (Å²) in [6.45, 7) is 12.3. The van der Waals surface area contributed by atoms with Crippen molar-refractivity contribution >= 4 is 16.2 Å². The molecule has 2 aromatic rings. The van der Waals surface area contributed by atoms with Crippen molar-refractivity contribution in [3.05, 3.63) is 68.5 Å². The van der Waals surface area contributed by atoms with E-state index in [2.05, 4.69) is 5.53 Å². The summed E-state index contributed by atoms with van der Waals surface area (Å²) in [5, 5.41) is 3.91. The number of ether oxygens (including phenoxy) is 3. The minimum absolute atomic E-state index is 0.0280. The number of hydrazine groups is 2. The van der Waals surface area contributed by atoms with Crippen LogP contribution in [0.1, 0.15) is 71.2 Å². The molecule has 1 fully saturated rings. The number of likely N-dealkylation sites (N-methyl/N-ethyl adjacent to an activating group) is 1. The molecule has 47 heavy (non-hydrogen) atoms. The van der Waals surface area contributed by atoms with E-state index in [9.17, 15) is 22.8 Å². The molecule has 0 spiro atoms. The van der Waals surface area contributed by atoms with Gasteiger partial charge in [-0.2, -0.15) is 18.5 Å². The lowest BCUT2D eigenvalue weighted by Crippen LogP contribution is -2.48. The second-order valence-electron chi connectivity index (χ2n) is 13.0. The number of hydrogen-bond donors (Lipinski definition) is 1. The van der Waals surface area contributed by atoms with Gasteiger partial charge in [0.05, 0.1) is 31.1 Å². The number of carbonyl (C=O) groups excluding carboxylic acids is 1. The molecule has 1 N–H and O–H groups in total. The Morgan fingerprint density at radius 3 is 2.45 bits per heavy atom. The Morgan fingerprint density at radius 2 is 1.83 bits per heavy atom. The van der Waals surface area contributed by atoms with Crippen molar-refractivity contribution in [1.29, 1.82) is 0 Å². The summed E-state index contributed by atoms with van der Waals surface area (Å²) < 4.78 is 50.4. The lowest BCUT2D eigenvalue weighted by atomic mass is 9.98. The number of methoxy groups -OCH3 is 1. The Hall–Kier alpha value is -2.92. The van der Waals surface area contributed by atoms with Crippen molar-refractivity contribution in [2.24, 2.45) is 5.92 Å². The molecule has 4 atom stereocenters. The molecular weight excluding hydrogens is 630 g/mol. The van der Waals surface area contributed by atoms with Gasteiger partial charge in [0.2, 0.25) is 0 Å². The Balaban J connectivity index is 1.63. The van der Waals surface area contributed by atoms with Crippen LogP contribution in [0.25, 0.3) is 0 Å². The van der Waals surface area contributed by atoms with Crippen molar-refractivity contribution in [2.45, 2.75) is 91.4 Å². The summed E-state index contributed by atoms with van der Waals surface area (Å²) in [6.07, 6.45) is -0.800. The third-order valence-corrected chi connectivity index (χ3v) is 9.28. The first-order valence-corrected chi connectivity index (χ1v) is 17.5. The fraction of sp³-hybridized carbons (Fsp3) is 0.656. The molecule has 1 aliphatic heterocycles. The number of benzene rings is 1. The molecule has 0 saturated carbocycles. The van der Waals surface area contributed by atoms with Crippen LogP contribution in [0, 0.1) is 12.8 Å². The van der Waals surface area contributed by atoms with Crippen LogP contribution in [0.2, 0.25) is 0 Å². The van der Waals surface area contributed by atoms with Crippen LogP contribution >= 0.6 is 0 Å². The highest BCUT2D eigenvalue weighted by Gasteiger charge is 2.32. The monoisotopic (exact) mass is 681 g/mol. The van der Waals surface area contributed by atoms with Crippen LogP contribution in [0.3, 0.4) is 0 Å². The Morgan fingerprint density at radius 1 is 1.15 bits per heavy atom. The summed E-state index contributed by atoms with van der Waals surface area (Å²) >= 11 is 0. The molecule has 15 heteroatoms. The summed E-state index contributed by atoms with van der Waals surface area (Å²) in [4.78, 5) is 38.9. The highest BCUT2D eigenvalue weighted by Crippen LogP contribution is 2.25. The van der Waals surface area contributed by atoms with Gasteiger partial charge in [-0.1, -0.05) is 50.6 Å². The van der Waals surface area contributed by atoms with Gasteiger partial charge in [-0.3, -0.25) is 13.5 Å². The Kier molecular flexibility index (Phi) is 13.9. The molecule has 1 aromatic carbocycles. The van der Waals surface area contributed by atoms with Crippen LogP contribution in [0.15, 0.2) is 46.1 Å². The number of aryl methyl sites for hydroxylation is 1. The molecule has 264 valence electrons. The van der Waals surface area contributed by atoms with E-state index in [1.54, 1.807) is 20.8 Å². The van der Waals surface area contributed by atoms with E-state index < -0.39 is 45.4 Å². The average molecular weight is 682 g/mol. The molecule has 14 nitrogen and oxygen atoms in total. The van der Waals surface area contributed by atoms with Gasteiger partial charge in [0.15, 0.2) is 0 Å². The summed E-state index contributed by atoms with van der Waals surface area (Å²) in [5.41, 5.74) is 1.74. The molecule has 0 bridgehead atoms. The molecule has 4 unspecified atom stereocenters. The van der Waals surface area contributed by atoms with E-state index in [1.807, 2.05) is 61.2 Å². The molecule has 0 aliphatic carbocycles. The SMILES string of the molecule is CCC(C)C(CC(OC)n1cc(C)c(=O)n(C(=O)OC(C)(C)C)c1=O)OS(=O)(=O)CCCN1CC(COCc2ccccc2)N(C)N1. The minimum Gasteiger partial charge on any atom is -0.443 e. The largest absolute Gasteiger partial charge is 0.443 e. The highest BCUT2D eigenvalue weighted by molar-refractivity contribution is 7.86. The first-order valence-electron chi connectivity index (χ1n) is 15.9. The predicted octanol–water partition coefficient (Wildman–Crippen LogP) is 3.04. The van der Waals surface area contributed by atoms with Crippen molar-refractivity contribution in [3.63, 3.8) is 0 Å². The molecule has 3 rings (SSSR count). The summed E-state index contributed by atoms with van der Waals surface area (Å²) in [7, 11) is -0.686. The number of rotatable bonds is 16. The van der Waals surface area contributed by atoms with Gasteiger partial charge in [0, 0.05) is 45.4 Å². The van der Waals surface area contributed by atoms with Gasteiger partial charge in [-0.15, -0.1) is 0 Å². The quantitative estimate of drug-likeness (QED) is 0.260. The normalized spacial score (nSPS) is 18.3. The van der Waals surface area contributed by atoms with E-state index in [4.69, 9.17) is 18.4 Å². The van der Waals surface area contributed by atoms with Crippen LogP contribution in [-0.2, 0) is 35.1 Å². The Bertz CT molecular complexity index is 1540. The third kappa shape index (κ3) is 11.3. The number of aromatic nitrogens is 2. The lowest BCUT2D eigenvalue weighted by molar-refractivity contribution is -0.00992. The first kappa shape index (κ1) is 38.5. The zero-order chi connectivity index (χ0) is 34.9. The Labute approximate surface area is 277 Å². The van der Waals surface area contributed by atoms with Crippen molar-refractivity contribution in [1.82, 2.24) is 24.7 Å². The molecular formula is C32H51N5O9S. The van der Waals surface area contributed by atoms with Crippen molar-refractivity contribution < 1.29 is 31.6 Å². The number of hydrogen-bond acceptors (Lipinski definition) is 12. The maximum absolute atomic E-state index is 13.4. The number of nitrogens with zero attached hydrogens (tertiary/aromatic N) is 4. The standard InChI is InChI=1S/C32H51N5O9S/c1-9-23(2)27(18-28(43-8)36-19-24(3)29(38)37(30(36)39)31(40)45-32(4,5)6)46-47(41,42)17-13-16-35-20-26(34(7)33-35)22-44-21-25-14-11-10-12-15-25/h10-12,14-15,19,23,26-28,33H,9,13,16-18,20-22H2,1-8H3. The van der Waals surface area contributed by atoms with Gasteiger partial charge in [-0.25, -0.2) is 19.6 Å². The average Bonchev–Trinajstić information content (AvgIpc) is 3.35. The van der Waals surface area contributed by atoms with Gasteiger partial charge >= 0.3 is 11.8 Å². The minimum atomic E-state index is -3.97. The number of nitrogens with one attached hydrogen (secondary N) is 1. The van der Waals surface area contributed by atoms with E-state index in [0.717, 1.165) is 10.1 Å². The van der Waals surface area contributed by atoms with Gasteiger partial charge < -0.3 is 14.2 Å². The van der Waals surface area contributed by atoms with Gasteiger partial charge in [0.25, 0.3) is 15.7 Å². The van der Waals surface area contributed by atoms with Crippen LogP contribution in [-0.4, -0.2) is 91.0 Å². The highest BCUT2D eigenvalue weighted by atomic mass is 32.2. The maximum Gasteiger partial charge on any atom is 0.425 e. The predicted molar refractivity (Wildman–Crippen MR) is 177 cm³/mol. The molecule has 0 amide bonds. The second kappa shape index (κ2) is 17.0. The van der Waals surface area contributed by atoms with E-state index >= 15 is 0 Å². The second-order valence-corrected chi connectivity index (χ2v) is 14.7. The molecule has 1 aromatic heterocycles. The summed E-state index contributed by atoms with van der Waals surface area (Å²) in [5.74, 6) is -0.432.